The van der Waals surface area contributed by atoms with E-state index in [0.717, 1.165) is 21.2 Å². The molecule has 3 amide bonds. The molecule has 2 aromatic carbocycles. The number of hydrogen-bond acceptors (Lipinski definition) is 8. The van der Waals surface area contributed by atoms with Gasteiger partial charge in [0.1, 0.15) is 0 Å². The standard InChI is InChI=1S/C25H24BrN3O6S2/c1-2-34-20-13-16(3-8-19(20)35-15-22(30)28-9-11-33-12-10-28)14-21-24(32)29(25(36)37-21)27-23(31)17-4-6-18(26)7-5-17/h3-8,13-14H,2,9-12,15H2,1H3,(H,27,31)/b21-14+. The Morgan fingerprint density at radius 3 is 2.57 bits per heavy atom. The zero-order valence-electron chi connectivity index (χ0n) is 19.9. The zero-order valence-corrected chi connectivity index (χ0v) is 23.1. The van der Waals surface area contributed by atoms with Crippen molar-refractivity contribution in [3.63, 3.8) is 0 Å². The van der Waals surface area contributed by atoms with Gasteiger partial charge in [-0.25, -0.2) is 0 Å². The van der Waals surface area contributed by atoms with Crippen molar-refractivity contribution in [2.45, 2.75) is 6.92 Å². The van der Waals surface area contributed by atoms with Gasteiger partial charge in [-0.1, -0.05) is 33.8 Å². The minimum absolute atomic E-state index is 0.115. The number of carbonyl (C=O) groups excluding carboxylic acids is 3. The summed E-state index contributed by atoms with van der Waals surface area (Å²) >= 11 is 9.73. The van der Waals surface area contributed by atoms with E-state index in [1.54, 1.807) is 53.4 Å². The molecule has 0 unspecified atom stereocenters. The maximum atomic E-state index is 13.0. The minimum Gasteiger partial charge on any atom is -0.490 e. The van der Waals surface area contributed by atoms with E-state index in [0.29, 0.717) is 60.4 Å². The molecule has 2 aromatic rings. The largest absolute Gasteiger partial charge is 0.490 e. The summed E-state index contributed by atoms with van der Waals surface area (Å²) in [5.74, 6) is -0.129. The summed E-state index contributed by atoms with van der Waals surface area (Å²) in [6.07, 6.45) is 1.66. The second kappa shape index (κ2) is 12.5. The van der Waals surface area contributed by atoms with Gasteiger partial charge in [-0.3, -0.25) is 19.8 Å². The van der Waals surface area contributed by atoms with Gasteiger partial charge in [-0.05, 0) is 67.2 Å². The summed E-state index contributed by atoms with van der Waals surface area (Å²) in [4.78, 5) is 40.0. The lowest BCUT2D eigenvalue weighted by atomic mass is 10.2. The molecule has 9 nitrogen and oxygen atoms in total. The first-order valence-corrected chi connectivity index (χ1v) is 13.5. The second-order valence-electron chi connectivity index (χ2n) is 7.89. The van der Waals surface area contributed by atoms with Crippen molar-refractivity contribution in [1.82, 2.24) is 15.3 Å². The van der Waals surface area contributed by atoms with Gasteiger partial charge in [0, 0.05) is 23.1 Å². The van der Waals surface area contributed by atoms with Crippen LogP contribution >= 0.6 is 39.9 Å². The Hall–Kier alpha value is -2.93. The molecule has 2 fully saturated rings. The molecular weight excluding hydrogens is 582 g/mol. The molecule has 2 aliphatic rings. The molecule has 0 spiro atoms. The third-order valence-electron chi connectivity index (χ3n) is 5.39. The van der Waals surface area contributed by atoms with Crippen molar-refractivity contribution >= 4 is 68.0 Å². The van der Waals surface area contributed by atoms with Crippen LogP contribution in [0.15, 0.2) is 51.8 Å². The summed E-state index contributed by atoms with van der Waals surface area (Å²) < 4.78 is 17.8. The molecule has 2 aliphatic heterocycles. The lowest BCUT2D eigenvalue weighted by Crippen LogP contribution is -2.44. The number of nitrogens with one attached hydrogen (secondary N) is 1. The molecule has 0 radical (unpaired) electrons. The average molecular weight is 607 g/mol. The van der Waals surface area contributed by atoms with Crippen molar-refractivity contribution < 1.29 is 28.6 Å². The lowest BCUT2D eigenvalue weighted by molar-refractivity contribution is -0.137. The van der Waals surface area contributed by atoms with Crippen molar-refractivity contribution in [2.75, 3.05) is 39.5 Å². The Kier molecular flexibility index (Phi) is 9.19. The summed E-state index contributed by atoms with van der Waals surface area (Å²) in [5.41, 5.74) is 3.63. The maximum absolute atomic E-state index is 13.0. The zero-order chi connectivity index (χ0) is 26.4. The monoisotopic (exact) mass is 605 g/mol. The SMILES string of the molecule is CCOc1cc(/C=C2/SC(=S)N(NC(=O)c3ccc(Br)cc3)C2=O)ccc1OCC(=O)N1CCOCC1. The predicted molar refractivity (Wildman–Crippen MR) is 147 cm³/mol. The normalized spacial score (nSPS) is 16.8. The summed E-state index contributed by atoms with van der Waals surface area (Å²) in [5, 5.41) is 1.06. The number of nitrogens with zero attached hydrogens (tertiary/aromatic N) is 2. The quantitative estimate of drug-likeness (QED) is 0.360. The third-order valence-corrected chi connectivity index (χ3v) is 7.22. The van der Waals surface area contributed by atoms with E-state index in [-0.39, 0.29) is 16.8 Å². The van der Waals surface area contributed by atoms with Crippen LogP contribution in [0.1, 0.15) is 22.8 Å². The number of carbonyl (C=O) groups is 3. The Morgan fingerprint density at radius 1 is 1.14 bits per heavy atom. The number of hydrogen-bond donors (Lipinski definition) is 1. The minimum atomic E-state index is -0.447. The summed E-state index contributed by atoms with van der Waals surface area (Å²) in [6, 6.07) is 11.9. The van der Waals surface area contributed by atoms with E-state index in [2.05, 4.69) is 21.4 Å². The molecule has 0 atom stereocenters. The number of ether oxygens (including phenoxy) is 3. The number of hydrazine groups is 1. The highest BCUT2D eigenvalue weighted by Gasteiger charge is 2.34. The van der Waals surface area contributed by atoms with Gasteiger partial charge in [0.05, 0.1) is 24.7 Å². The highest BCUT2D eigenvalue weighted by Crippen LogP contribution is 2.34. The first kappa shape index (κ1) is 27.1. The molecule has 1 N–H and O–H groups in total. The first-order chi connectivity index (χ1) is 17.9. The van der Waals surface area contributed by atoms with Gasteiger partial charge < -0.3 is 19.1 Å². The Balaban J connectivity index is 1.44. The number of thioether (sulfide) groups is 1. The Morgan fingerprint density at radius 2 is 1.86 bits per heavy atom. The van der Waals surface area contributed by atoms with Crippen LogP contribution in [0, 0.1) is 0 Å². The van der Waals surface area contributed by atoms with Gasteiger partial charge in [0.2, 0.25) is 0 Å². The van der Waals surface area contributed by atoms with E-state index in [1.165, 1.54) is 0 Å². The molecule has 0 saturated carbocycles. The van der Waals surface area contributed by atoms with Crippen LogP contribution in [0.3, 0.4) is 0 Å². The van der Waals surface area contributed by atoms with Crippen LogP contribution in [0.4, 0.5) is 0 Å². The summed E-state index contributed by atoms with van der Waals surface area (Å²) in [6.45, 7) is 4.24. The number of morpholine rings is 1. The van der Waals surface area contributed by atoms with E-state index in [4.69, 9.17) is 26.4 Å². The summed E-state index contributed by atoms with van der Waals surface area (Å²) in [7, 11) is 0. The Labute approximate surface area is 232 Å². The lowest BCUT2D eigenvalue weighted by Gasteiger charge is -2.26. The van der Waals surface area contributed by atoms with E-state index < -0.39 is 11.8 Å². The molecule has 0 aliphatic carbocycles. The van der Waals surface area contributed by atoms with E-state index in [1.807, 2.05) is 6.92 Å². The fraction of sp³-hybridized carbons (Fsp3) is 0.280. The third kappa shape index (κ3) is 6.89. The fourth-order valence-corrected chi connectivity index (χ4v) is 4.97. The molecule has 4 rings (SSSR count). The molecule has 37 heavy (non-hydrogen) atoms. The smallest absolute Gasteiger partial charge is 0.285 e. The molecule has 194 valence electrons. The number of rotatable bonds is 8. The van der Waals surface area contributed by atoms with Crippen LogP contribution in [-0.2, 0) is 14.3 Å². The molecule has 2 heterocycles. The number of halogens is 1. The highest BCUT2D eigenvalue weighted by molar-refractivity contribution is 9.10. The van der Waals surface area contributed by atoms with Crippen molar-refractivity contribution in [1.29, 1.82) is 0 Å². The highest BCUT2D eigenvalue weighted by atomic mass is 79.9. The van der Waals surface area contributed by atoms with Crippen molar-refractivity contribution in [2.24, 2.45) is 0 Å². The second-order valence-corrected chi connectivity index (χ2v) is 10.5. The molecule has 2 saturated heterocycles. The van der Waals surface area contributed by atoms with Crippen LogP contribution < -0.4 is 14.9 Å². The van der Waals surface area contributed by atoms with Gasteiger partial charge in [-0.15, -0.1) is 0 Å². The first-order valence-electron chi connectivity index (χ1n) is 11.5. The van der Waals surface area contributed by atoms with E-state index >= 15 is 0 Å². The number of benzene rings is 2. The fourth-order valence-electron chi connectivity index (χ4n) is 3.53. The number of amides is 3. The Bertz CT molecular complexity index is 1230. The van der Waals surface area contributed by atoms with Gasteiger partial charge in [0.15, 0.2) is 22.4 Å². The molecular formula is C25H24BrN3O6S2. The van der Waals surface area contributed by atoms with Crippen molar-refractivity contribution in [3.8, 4) is 11.5 Å². The van der Waals surface area contributed by atoms with Crippen molar-refractivity contribution in [3.05, 3.63) is 63.0 Å². The van der Waals surface area contributed by atoms with Gasteiger partial charge in [0.25, 0.3) is 17.7 Å². The molecule has 12 heteroatoms. The topological polar surface area (TPSA) is 97.4 Å². The van der Waals surface area contributed by atoms with Crippen LogP contribution in [0.2, 0.25) is 0 Å². The van der Waals surface area contributed by atoms with Crippen LogP contribution in [-0.4, -0.2) is 71.5 Å². The van der Waals surface area contributed by atoms with Crippen LogP contribution in [0.5, 0.6) is 11.5 Å². The maximum Gasteiger partial charge on any atom is 0.285 e. The molecule has 0 aromatic heterocycles. The van der Waals surface area contributed by atoms with Crippen LogP contribution in [0.25, 0.3) is 6.08 Å². The van der Waals surface area contributed by atoms with Gasteiger partial charge >= 0.3 is 0 Å². The number of thiocarbonyl (C=S) groups is 1. The average Bonchev–Trinajstić information content (AvgIpc) is 3.16. The molecule has 0 bridgehead atoms. The predicted octanol–water partition coefficient (Wildman–Crippen LogP) is 3.63. The van der Waals surface area contributed by atoms with Gasteiger partial charge in [-0.2, -0.15) is 5.01 Å². The van der Waals surface area contributed by atoms with E-state index in [9.17, 15) is 14.4 Å².